The van der Waals surface area contributed by atoms with Gasteiger partial charge >= 0.3 is 0 Å². The molecule has 196 valence electrons. The Morgan fingerprint density at radius 1 is 1.13 bits per heavy atom. The number of nitrogens with zero attached hydrogens (tertiary/aromatic N) is 3. The first-order chi connectivity index (χ1) is 18.1. The number of Topliss-reactive ketones (excluding diaryl/α,β-unsaturated/α-hetero) is 1. The average Bonchev–Trinajstić information content (AvgIpc) is 3.39. The van der Waals surface area contributed by atoms with Gasteiger partial charge in [0.15, 0.2) is 5.78 Å². The van der Waals surface area contributed by atoms with Crippen molar-refractivity contribution in [3.63, 3.8) is 0 Å². The van der Waals surface area contributed by atoms with Crippen molar-refractivity contribution in [1.82, 2.24) is 14.3 Å². The highest BCUT2D eigenvalue weighted by atomic mass is 32.2. The number of carbonyl (C=O) groups excluding carboxylic acids is 1. The fourth-order valence-electron chi connectivity index (χ4n) is 5.20. The van der Waals surface area contributed by atoms with Crippen molar-refractivity contribution in [2.75, 3.05) is 25.5 Å². The second-order valence-electron chi connectivity index (χ2n) is 9.90. The fraction of sp³-hybridized carbons (Fsp3) is 0.276. The smallest absolute Gasteiger partial charge is 0.248 e. The maximum absolute atomic E-state index is 13.9. The summed E-state index contributed by atoms with van der Waals surface area (Å²) >= 11 is 0. The fourth-order valence-corrected chi connectivity index (χ4v) is 6.12. The molecule has 3 heterocycles. The Hall–Kier alpha value is -3.82. The van der Waals surface area contributed by atoms with Gasteiger partial charge in [0.2, 0.25) is 15.6 Å². The van der Waals surface area contributed by atoms with Gasteiger partial charge in [-0.1, -0.05) is 12.1 Å². The number of sulfonamides is 1. The molecule has 0 aliphatic carbocycles. The lowest BCUT2D eigenvalue weighted by molar-refractivity contribution is 0.0993. The van der Waals surface area contributed by atoms with Crippen LogP contribution in [-0.4, -0.2) is 49.1 Å². The molecule has 1 N–H and O–H groups in total. The first-order valence-electron chi connectivity index (χ1n) is 12.5. The highest BCUT2D eigenvalue weighted by molar-refractivity contribution is 7.89. The lowest BCUT2D eigenvalue weighted by Gasteiger charge is -2.29. The minimum atomic E-state index is -3.73. The Balaban J connectivity index is 1.57. The highest BCUT2D eigenvalue weighted by Crippen LogP contribution is 2.39. The van der Waals surface area contributed by atoms with E-state index in [-0.39, 0.29) is 28.7 Å². The molecule has 1 saturated heterocycles. The molecule has 8 nitrogen and oxygen atoms in total. The molecule has 0 amide bonds. The van der Waals surface area contributed by atoms with Crippen LogP contribution in [0.25, 0.3) is 10.9 Å². The Labute approximate surface area is 222 Å². The second-order valence-corrected chi connectivity index (χ2v) is 12.1. The van der Waals surface area contributed by atoms with Gasteiger partial charge < -0.3 is 9.88 Å². The van der Waals surface area contributed by atoms with Crippen LogP contribution in [0, 0.1) is 6.92 Å². The lowest BCUT2D eigenvalue weighted by Crippen LogP contribution is -2.26. The van der Waals surface area contributed by atoms with Gasteiger partial charge in [-0.3, -0.25) is 14.6 Å². The van der Waals surface area contributed by atoms with Crippen molar-refractivity contribution in [3.05, 3.63) is 99.6 Å². The van der Waals surface area contributed by atoms with E-state index in [2.05, 4.69) is 14.9 Å². The average molecular weight is 531 g/mol. The number of fused-ring (bicyclic) bond motifs is 1. The molecular weight excluding hydrogens is 500 g/mol. The van der Waals surface area contributed by atoms with Gasteiger partial charge in [0.05, 0.1) is 10.9 Å². The third kappa shape index (κ3) is 4.87. The summed E-state index contributed by atoms with van der Waals surface area (Å²) < 4.78 is 27.1. The number of ketones is 1. The first kappa shape index (κ1) is 25.8. The van der Waals surface area contributed by atoms with E-state index in [1.165, 1.54) is 26.2 Å². The third-order valence-electron chi connectivity index (χ3n) is 7.16. The molecule has 5 rings (SSSR count). The van der Waals surface area contributed by atoms with Crippen molar-refractivity contribution in [2.45, 2.75) is 37.1 Å². The molecular formula is C29H30N4O4S. The highest BCUT2D eigenvalue weighted by Gasteiger charge is 2.30. The molecule has 0 saturated carbocycles. The molecule has 1 fully saturated rings. The summed E-state index contributed by atoms with van der Waals surface area (Å²) in [5.74, 6) is -0.172. The van der Waals surface area contributed by atoms with Crippen LogP contribution in [-0.2, 0) is 16.4 Å². The van der Waals surface area contributed by atoms with Crippen molar-refractivity contribution in [1.29, 1.82) is 0 Å². The Morgan fingerprint density at radius 3 is 2.68 bits per heavy atom. The standard InChI is InChI=1S/C29H30N4O4S/c1-19-14-29(35)31-25-10-8-20(15-23(19)25)16-28(34)24-17-22(38(36,37)32(2)3)9-11-27(24)33-13-5-7-26(33)21-6-4-12-30-18-21/h4,6,8-12,14-15,17-18,26H,5,7,13,16H2,1-3H3,(H,31,35). The van der Waals surface area contributed by atoms with E-state index in [1.54, 1.807) is 24.4 Å². The van der Waals surface area contributed by atoms with Crippen LogP contribution in [0.2, 0.25) is 0 Å². The molecule has 1 unspecified atom stereocenters. The Morgan fingerprint density at radius 2 is 1.95 bits per heavy atom. The molecule has 0 radical (unpaired) electrons. The zero-order valence-electron chi connectivity index (χ0n) is 21.6. The topological polar surface area (TPSA) is 103 Å². The van der Waals surface area contributed by atoms with Crippen LogP contribution in [0.5, 0.6) is 0 Å². The van der Waals surface area contributed by atoms with E-state index >= 15 is 0 Å². The lowest BCUT2D eigenvalue weighted by atomic mass is 9.98. The van der Waals surface area contributed by atoms with E-state index in [1.807, 2.05) is 37.4 Å². The van der Waals surface area contributed by atoms with Crippen LogP contribution in [0.15, 0.2) is 76.7 Å². The van der Waals surface area contributed by atoms with Gasteiger partial charge in [-0.25, -0.2) is 12.7 Å². The molecule has 2 aromatic carbocycles. The number of benzene rings is 2. The quantitative estimate of drug-likeness (QED) is 0.359. The zero-order chi connectivity index (χ0) is 27.0. The third-order valence-corrected chi connectivity index (χ3v) is 8.97. The normalized spacial score (nSPS) is 15.9. The maximum atomic E-state index is 13.9. The SMILES string of the molecule is Cc1cc(=O)[nH]c2ccc(CC(=O)c3cc(S(=O)(=O)N(C)C)ccc3N3CCCC3c3cccnc3)cc12. The monoisotopic (exact) mass is 530 g/mol. The number of hydrogen-bond donors (Lipinski definition) is 1. The predicted molar refractivity (Wildman–Crippen MR) is 148 cm³/mol. The van der Waals surface area contributed by atoms with E-state index in [0.29, 0.717) is 11.1 Å². The van der Waals surface area contributed by atoms with Crippen molar-refractivity contribution < 1.29 is 13.2 Å². The summed E-state index contributed by atoms with van der Waals surface area (Å²) in [5.41, 5.74) is 4.32. The maximum Gasteiger partial charge on any atom is 0.248 e. The minimum Gasteiger partial charge on any atom is -0.364 e. The summed E-state index contributed by atoms with van der Waals surface area (Å²) in [6.07, 6.45) is 5.54. The van der Waals surface area contributed by atoms with E-state index < -0.39 is 10.0 Å². The minimum absolute atomic E-state index is 0.0479. The number of nitrogens with one attached hydrogen (secondary N) is 1. The molecule has 1 aliphatic rings. The summed E-state index contributed by atoms with van der Waals surface area (Å²) in [5, 5.41) is 0.871. The van der Waals surface area contributed by atoms with Gasteiger partial charge in [0, 0.05) is 67.7 Å². The molecule has 1 aliphatic heterocycles. The number of anilines is 1. The number of carbonyl (C=O) groups is 1. The van der Waals surface area contributed by atoms with E-state index in [4.69, 9.17) is 0 Å². The summed E-state index contributed by atoms with van der Waals surface area (Å²) in [7, 11) is -0.776. The second kappa shape index (κ2) is 10.2. The van der Waals surface area contributed by atoms with Crippen molar-refractivity contribution in [3.8, 4) is 0 Å². The molecule has 0 bridgehead atoms. The molecule has 4 aromatic rings. The van der Waals surface area contributed by atoms with Crippen LogP contribution >= 0.6 is 0 Å². The van der Waals surface area contributed by atoms with Gasteiger partial charge in [0.25, 0.3) is 0 Å². The molecule has 1 atom stereocenters. The number of aromatic nitrogens is 2. The number of rotatable bonds is 7. The number of pyridine rings is 2. The van der Waals surface area contributed by atoms with Crippen LogP contribution in [0.4, 0.5) is 5.69 Å². The van der Waals surface area contributed by atoms with E-state index in [0.717, 1.165) is 51.5 Å². The van der Waals surface area contributed by atoms with E-state index in [9.17, 15) is 18.0 Å². The van der Waals surface area contributed by atoms with Gasteiger partial charge in [-0.2, -0.15) is 0 Å². The number of hydrogen-bond acceptors (Lipinski definition) is 6. The predicted octanol–water partition coefficient (Wildman–Crippen LogP) is 4.25. The largest absolute Gasteiger partial charge is 0.364 e. The zero-order valence-corrected chi connectivity index (χ0v) is 22.5. The van der Waals surface area contributed by atoms with Gasteiger partial charge in [-0.05, 0) is 72.9 Å². The molecule has 9 heteroatoms. The van der Waals surface area contributed by atoms with Gasteiger partial charge in [0.1, 0.15) is 0 Å². The van der Waals surface area contributed by atoms with Crippen LogP contribution in [0.1, 0.15) is 45.9 Å². The number of aromatic amines is 1. The summed E-state index contributed by atoms with van der Waals surface area (Å²) in [4.78, 5) is 35.1. The summed E-state index contributed by atoms with van der Waals surface area (Å²) in [6, 6.07) is 15.9. The van der Waals surface area contributed by atoms with Gasteiger partial charge in [-0.15, -0.1) is 0 Å². The van der Waals surface area contributed by atoms with Crippen molar-refractivity contribution in [2.24, 2.45) is 0 Å². The van der Waals surface area contributed by atoms with Crippen LogP contribution in [0.3, 0.4) is 0 Å². The molecule has 2 aromatic heterocycles. The Bertz CT molecular complexity index is 1680. The van der Waals surface area contributed by atoms with Crippen molar-refractivity contribution >= 4 is 32.4 Å². The molecule has 0 spiro atoms. The summed E-state index contributed by atoms with van der Waals surface area (Å²) in [6.45, 7) is 2.62. The van der Waals surface area contributed by atoms with Crippen LogP contribution < -0.4 is 10.5 Å². The molecule has 38 heavy (non-hydrogen) atoms. The number of aryl methyl sites for hydroxylation is 1. The first-order valence-corrected chi connectivity index (χ1v) is 14.0. The Kier molecular flexibility index (Phi) is 6.90. The number of H-pyrrole nitrogens is 1.